The molecule has 0 aliphatic heterocycles. The van der Waals surface area contributed by atoms with Crippen molar-refractivity contribution in [1.82, 2.24) is 28.7 Å². The number of hydrogen-bond donors (Lipinski definition) is 0. The van der Waals surface area contributed by atoms with Crippen molar-refractivity contribution in [2.45, 2.75) is 82.2 Å². The fourth-order valence-electron chi connectivity index (χ4n) is 6.53. The maximum absolute atomic E-state index is 4.17. The first-order valence-electron chi connectivity index (χ1n) is 18.4. The second kappa shape index (κ2) is 17.3. The van der Waals surface area contributed by atoms with E-state index in [9.17, 15) is 0 Å². The first-order chi connectivity index (χ1) is 25.8. The van der Waals surface area contributed by atoms with E-state index in [2.05, 4.69) is 187 Å². The van der Waals surface area contributed by atoms with Gasteiger partial charge in [-0.3, -0.25) is 0 Å². The van der Waals surface area contributed by atoms with Crippen LogP contribution in [0.5, 0.6) is 0 Å². The number of halogens is 2. The Morgan fingerprint density at radius 2 is 0.796 bits per heavy atom. The van der Waals surface area contributed by atoms with Crippen LogP contribution < -0.4 is 0 Å². The lowest BCUT2D eigenvalue weighted by atomic mass is 9.86. The van der Waals surface area contributed by atoms with Crippen LogP contribution in [0, 0.1) is 0 Å². The lowest BCUT2D eigenvalue weighted by Crippen LogP contribution is -2.10. The molecule has 8 heteroatoms. The van der Waals surface area contributed by atoms with Crippen LogP contribution in [0.25, 0.3) is 22.3 Å². The van der Waals surface area contributed by atoms with Gasteiger partial charge < -0.3 is 13.7 Å². The van der Waals surface area contributed by atoms with Gasteiger partial charge in [-0.05, 0) is 91.1 Å². The third-order valence-corrected chi connectivity index (χ3v) is 10.1. The van der Waals surface area contributed by atoms with E-state index in [4.69, 9.17) is 0 Å². The van der Waals surface area contributed by atoms with Crippen molar-refractivity contribution >= 4 is 31.9 Å². The van der Waals surface area contributed by atoms with E-state index in [-0.39, 0.29) is 14.6 Å². The maximum atomic E-state index is 4.17. The standard InChI is InChI=1S/C24H26N4.C22H24Br2N2/c1-24(2,3)23-6-4-21(5-7-23)22-13-19(15-27-10-8-25-17-27)12-20(14-22)16-28-11-9-26-18-28;1-22(2,3)20-6-4-18(5-7-20)19-11-16(13-21(23)24)10-17(12-19)14-26-9-8-25-15-26/h4-14,17-18H,15-16H2,1-3H3;4-12,15,21H,13-14H2,1-3H3. The van der Waals surface area contributed by atoms with Gasteiger partial charge in [-0.1, -0.05) is 140 Å². The molecule has 0 N–H and O–H groups in total. The molecular formula is C46H50Br2N6. The quantitative estimate of drug-likeness (QED) is 0.129. The molecule has 0 aliphatic carbocycles. The highest BCUT2D eigenvalue weighted by atomic mass is 79.9. The highest BCUT2D eigenvalue weighted by Crippen LogP contribution is 2.30. The number of hydrogen-bond acceptors (Lipinski definition) is 3. The summed E-state index contributed by atoms with van der Waals surface area (Å²) >= 11 is 7.22. The van der Waals surface area contributed by atoms with E-state index < -0.39 is 0 Å². The normalized spacial score (nSPS) is 11.8. The van der Waals surface area contributed by atoms with Crippen molar-refractivity contribution in [2.24, 2.45) is 0 Å². The summed E-state index contributed by atoms with van der Waals surface area (Å²) in [5, 5.41) is 0. The smallest absolute Gasteiger partial charge is 0.0949 e. The highest BCUT2D eigenvalue weighted by Gasteiger charge is 2.15. The zero-order valence-electron chi connectivity index (χ0n) is 32.1. The number of alkyl halides is 2. The summed E-state index contributed by atoms with van der Waals surface area (Å²) in [6, 6.07) is 31.6. The Morgan fingerprint density at radius 1 is 0.463 bits per heavy atom. The van der Waals surface area contributed by atoms with Gasteiger partial charge in [0, 0.05) is 56.8 Å². The average molecular weight is 847 g/mol. The van der Waals surface area contributed by atoms with Crippen molar-refractivity contribution < 1.29 is 0 Å². The molecule has 0 saturated heterocycles. The predicted molar refractivity (Wildman–Crippen MR) is 230 cm³/mol. The summed E-state index contributed by atoms with van der Waals surface area (Å²) in [7, 11) is 0. The first kappa shape index (κ1) is 39.2. The number of benzene rings is 4. The minimum atomic E-state index is 0.161. The molecular weight excluding hydrogens is 796 g/mol. The molecule has 0 atom stereocenters. The van der Waals surface area contributed by atoms with Crippen LogP contribution in [-0.2, 0) is 36.9 Å². The topological polar surface area (TPSA) is 53.5 Å². The molecule has 3 heterocycles. The molecule has 6 nitrogen and oxygen atoms in total. The largest absolute Gasteiger partial charge is 0.333 e. The number of imidazole rings is 3. The fourth-order valence-corrected chi connectivity index (χ4v) is 7.27. The van der Waals surface area contributed by atoms with Crippen molar-refractivity contribution in [3.63, 3.8) is 0 Å². The summed E-state index contributed by atoms with van der Waals surface area (Å²) in [5.74, 6) is 0. The van der Waals surface area contributed by atoms with Gasteiger partial charge in [0.05, 0.1) is 22.7 Å². The molecule has 0 amide bonds. The molecule has 7 rings (SSSR count). The lowest BCUT2D eigenvalue weighted by Gasteiger charge is -2.19. The highest BCUT2D eigenvalue weighted by molar-refractivity contribution is 9.24. The van der Waals surface area contributed by atoms with Crippen LogP contribution in [0.15, 0.2) is 141 Å². The molecule has 54 heavy (non-hydrogen) atoms. The Hall–Kier alpha value is -4.53. The molecule has 0 radical (unpaired) electrons. The Kier molecular flexibility index (Phi) is 12.5. The third-order valence-electron chi connectivity index (χ3n) is 9.44. The lowest BCUT2D eigenvalue weighted by molar-refractivity contribution is 0.590. The SMILES string of the molecule is CC(C)(C)c1ccc(-c2cc(CC(Br)Br)cc(Cn3ccnc3)c2)cc1.CC(C)(C)c1ccc(-c2cc(Cn3ccnc3)cc(Cn3ccnc3)c2)cc1. The minimum absolute atomic E-state index is 0.161. The number of rotatable bonds is 10. The molecule has 7 aromatic rings. The molecule has 4 aromatic carbocycles. The van der Waals surface area contributed by atoms with Crippen LogP contribution in [0.4, 0.5) is 0 Å². The Bertz CT molecular complexity index is 2130. The van der Waals surface area contributed by atoms with Crippen LogP contribution in [0.3, 0.4) is 0 Å². The van der Waals surface area contributed by atoms with Crippen LogP contribution >= 0.6 is 31.9 Å². The molecule has 0 aliphatic rings. The summed E-state index contributed by atoms with van der Waals surface area (Å²) in [6.07, 6.45) is 18.0. The van der Waals surface area contributed by atoms with Crippen molar-refractivity contribution in [1.29, 1.82) is 0 Å². The number of nitrogens with zero attached hydrogens (tertiary/aromatic N) is 6. The molecule has 0 saturated carbocycles. The van der Waals surface area contributed by atoms with Gasteiger partial charge in [-0.2, -0.15) is 0 Å². The molecule has 278 valence electrons. The van der Waals surface area contributed by atoms with Gasteiger partial charge in [0.15, 0.2) is 0 Å². The van der Waals surface area contributed by atoms with Crippen LogP contribution in [0.2, 0.25) is 0 Å². The first-order valence-corrected chi connectivity index (χ1v) is 20.2. The molecule has 0 spiro atoms. The van der Waals surface area contributed by atoms with Crippen molar-refractivity contribution in [3.05, 3.63) is 174 Å². The van der Waals surface area contributed by atoms with Gasteiger partial charge in [-0.15, -0.1) is 0 Å². The van der Waals surface area contributed by atoms with E-state index in [0.29, 0.717) is 0 Å². The summed E-state index contributed by atoms with van der Waals surface area (Å²) in [6.45, 7) is 15.9. The van der Waals surface area contributed by atoms with E-state index in [1.54, 1.807) is 0 Å². The summed E-state index contributed by atoms with van der Waals surface area (Å²) in [5.41, 5.74) is 13.2. The molecule has 3 aromatic heterocycles. The van der Waals surface area contributed by atoms with Gasteiger partial charge in [0.25, 0.3) is 0 Å². The second-order valence-corrected chi connectivity index (χ2v) is 19.5. The van der Waals surface area contributed by atoms with E-state index in [0.717, 1.165) is 26.1 Å². The van der Waals surface area contributed by atoms with Crippen LogP contribution in [0.1, 0.15) is 74.9 Å². The minimum Gasteiger partial charge on any atom is -0.333 e. The van der Waals surface area contributed by atoms with Gasteiger partial charge in [0.2, 0.25) is 0 Å². The maximum Gasteiger partial charge on any atom is 0.0949 e. The zero-order valence-corrected chi connectivity index (χ0v) is 35.3. The van der Waals surface area contributed by atoms with Gasteiger partial charge >= 0.3 is 0 Å². The van der Waals surface area contributed by atoms with Gasteiger partial charge in [0.1, 0.15) is 0 Å². The monoisotopic (exact) mass is 844 g/mol. The average Bonchev–Trinajstić information content (AvgIpc) is 3.94. The zero-order chi connectivity index (χ0) is 38.3. The Morgan fingerprint density at radius 3 is 1.09 bits per heavy atom. The van der Waals surface area contributed by atoms with Crippen molar-refractivity contribution in [3.8, 4) is 22.3 Å². The third kappa shape index (κ3) is 11.0. The molecule has 0 unspecified atom stereocenters. The van der Waals surface area contributed by atoms with E-state index in [1.165, 1.54) is 55.6 Å². The molecule has 0 bridgehead atoms. The predicted octanol–water partition coefficient (Wildman–Crippen LogP) is 11.7. The summed E-state index contributed by atoms with van der Waals surface area (Å²) < 4.78 is 6.58. The molecule has 0 fully saturated rings. The van der Waals surface area contributed by atoms with Gasteiger partial charge in [-0.25, -0.2) is 15.0 Å². The Balaban J connectivity index is 0.000000185. The second-order valence-electron chi connectivity index (χ2n) is 16.0. The fraction of sp³-hybridized carbons (Fsp3) is 0.283. The van der Waals surface area contributed by atoms with Crippen LogP contribution in [-0.4, -0.2) is 32.4 Å². The van der Waals surface area contributed by atoms with Crippen molar-refractivity contribution in [2.75, 3.05) is 0 Å². The van der Waals surface area contributed by atoms with E-state index >= 15 is 0 Å². The van der Waals surface area contributed by atoms with E-state index in [1.807, 2.05) is 56.2 Å². The number of aromatic nitrogens is 6. The Labute approximate surface area is 337 Å². The summed E-state index contributed by atoms with van der Waals surface area (Å²) in [4.78, 5) is 12.5.